The van der Waals surface area contributed by atoms with Crippen LogP contribution in [0.2, 0.25) is 0 Å². The van der Waals surface area contributed by atoms with Gasteiger partial charge in [-0.1, -0.05) is 0 Å². The molecule has 0 aromatic heterocycles. The number of nitrogens with zero attached hydrogens (tertiary/aromatic N) is 1. The van der Waals surface area contributed by atoms with Gasteiger partial charge in [0.05, 0.1) is 16.5 Å². The normalized spacial score (nSPS) is 28.4. The maximum Gasteiger partial charge on any atom is 0.338 e. The molecule has 2 aliphatic heterocycles. The summed E-state index contributed by atoms with van der Waals surface area (Å²) in [6.45, 7) is 4.71. The monoisotopic (exact) mass is 380 g/mol. The second-order valence-electron chi connectivity index (χ2n) is 6.77. The van der Waals surface area contributed by atoms with Crippen molar-refractivity contribution in [3.8, 4) is 0 Å². The first-order chi connectivity index (χ1) is 12.7. The van der Waals surface area contributed by atoms with Crippen LogP contribution in [0.1, 0.15) is 31.1 Å². The molecule has 0 spiro atoms. The Kier molecular flexibility index (Phi) is 5.13. The van der Waals surface area contributed by atoms with Gasteiger partial charge in [0.1, 0.15) is 18.8 Å². The lowest BCUT2D eigenvalue weighted by molar-refractivity contribution is -0.384. The summed E-state index contributed by atoms with van der Waals surface area (Å²) in [5, 5.41) is 13.4. The third kappa shape index (κ3) is 4.24. The van der Waals surface area contributed by atoms with Crippen LogP contribution in [0.15, 0.2) is 24.3 Å². The van der Waals surface area contributed by atoms with Crippen molar-refractivity contribution in [3.05, 3.63) is 39.9 Å². The number of hydrogen-bond acceptors (Lipinski definition) is 8. The summed E-state index contributed by atoms with van der Waals surface area (Å²) < 4.78 is 22.4. The van der Waals surface area contributed by atoms with Crippen molar-refractivity contribution in [2.75, 3.05) is 6.61 Å². The molecule has 1 aromatic carbocycles. The molecule has 0 unspecified atom stereocenters. The molecular weight excluding hydrogens is 360 g/mol. The number of hydrogen-bond donors (Lipinski definition) is 1. The maximum absolute atomic E-state index is 12.2. The van der Waals surface area contributed by atoms with E-state index in [0.717, 1.165) is 0 Å². The fourth-order valence-corrected chi connectivity index (χ4v) is 3.09. The molecule has 2 fully saturated rings. The Labute approximate surface area is 154 Å². The summed E-state index contributed by atoms with van der Waals surface area (Å²) in [6.07, 6.45) is -1.85. The lowest BCUT2D eigenvalue weighted by atomic mass is 10.1. The van der Waals surface area contributed by atoms with Gasteiger partial charge in [0.25, 0.3) is 5.69 Å². The molecule has 2 heterocycles. The number of nitrogens with one attached hydrogen (secondary N) is 1. The Morgan fingerprint density at radius 3 is 2.52 bits per heavy atom. The van der Waals surface area contributed by atoms with Crippen LogP contribution in [-0.4, -0.2) is 53.7 Å². The highest BCUT2D eigenvalue weighted by atomic mass is 16.8. The third-order valence-corrected chi connectivity index (χ3v) is 4.21. The van der Waals surface area contributed by atoms with Crippen LogP contribution in [0, 0.1) is 10.1 Å². The van der Waals surface area contributed by atoms with Gasteiger partial charge < -0.3 is 24.3 Å². The molecule has 4 atom stereocenters. The SMILES string of the molecule is CC(=O)N[C@@H]1[C@H]2OC(C)(C)O[C@@H]2O[C@@H]1COC(=O)c1ccc([N+](=O)[O-])cc1. The average Bonchev–Trinajstić information content (AvgIpc) is 3.05. The van der Waals surface area contributed by atoms with E-state index in [2.05, 4.69) is 5.32 Å². The minimum absolute atomic E-state index is 0.124. The number of benzene rings is 1. The number of non-ortho nitro benzene ring substituents is 1. The predicted molar refractivity (Wildman–Crippen MR) is 89.7 cm³/mol. The molecule has 27 heavy (non-hydrogen) atoms. The number of carbonyl (C=O) groups excluding carboxylic acids is 2. The zero-order chi connectivity index (χ0) is 19.8. The number of rotatable bonds is 5. The highest BCUT2D eigenvalue weighted by Crippen LogP contribution is 2.37. The third-order valence-electron chi connectivity index (χ3n) is 4.21. The summed E-state index contributed by atoms with van der Waals surface area (Å²) >= 11 is 0. The van der Waals surface area contributed by atoms with Gasteiger partial charge in [-0.15, -0.1) is 0 Å². The second-order valence-corrected chi connectivity index (χ2v) is 6.77. The molecule has 2 saturated heterocycles. The van der Waals surface area contributed by atoms with E-state index in [1.807, 2.05) is 0 Å². The number of nitro benzene ring substituents is 1. The van der Waals surface area contributed by atoms with Gasteiger partial charge in [-0.3, -0.25) is 14.9 Å². The van der Waals surface area contributed by atoms with Gasteiger partial charge in [-0.05, 0) is 26.0 Å². The highest BCUT2D eigenvalue weighted by molar-refractivity contribution is 5.89. The van der Waals surface area contributed by atoms with Gasteiger partial charge in [0.15, 0.2) is 12.1 Å². The number of nitro groups is 1. The molecule has 0 aliphatic carbocycles. The maximum atomic E-state index is 12.2. The van der Waals surface area contributed by atoms with Gasteiger partial charge in [-0.25, -0.2) is 4.79 Å². The summed E-state index contributed by atoms with van der Waals surface area (Å²) in [5.41, 5.74) is 0.0460. The van der Waals surface area contributed by atoms with Crippen LogP contribution in [0.4, 0.5) is 5.69 Å². The molecule has 2 aliphatic rings. The van der Waals surface area contributed by atoms with Crippen LogP contribution in [0.25, 0.3) is 0 Å². The first kappa shape index (κ1) is 19.2. The highest BCUT2D eigenvalue weighted by Gasteiger charge is 2.55. The standard InChI is InChI=1S/C17H20N2O8/c1-9(20)18-13-12(25-16-14(13)26-17(2,3)27-16)8-24-15(21)10-4-6-11(7-5-10)19(22)23/h4-7,12-14,16H,8H2,1-3H3,(H,18,20)/t12-,13+,14-,16+/m1/s1. The summed E-state index contributed by atoms with van der Waals surface area (Å²) in [7, 11) is 0. The van der Waals surface area contributed by atoms with Crippen molar-refractivity contribution < 1.29 is 33.5 Å². The predicted octanol–water partition coefficient (Wildman–Crippen LogP) is 1.13. The number of carbonyl (C=O) groups is 2. The van der Waals surface area contributed by atoms with Crippen molar-refractivity contribution in [2.45, 2.75) is 51.1 Å². The molecule has 10 nitrogen and oxygen atoms in total. The van der Waals surface area contributed by atoms with Crippen molar-refractivity contribution >= 4 is 17.6 Å². The Morgan fingerprint density at radius 2 is 1.93 bits per heavy atom. The lowest BCUT2D eigenvalue weighted by Crippen LogP contribution is -2.49. The summed E-state index contributed by atoms with van der Waals surface area (Å²) in [5.74, 6) is -1.77. The van der Waals surface area contributed by atoms with Gasteiger partial charge in [0, 0.05) is 19.1 Å². The second kappa shape index (κ2) is 7.22. The molecular formula is C17H20N2O8. The topological polar surface area (TPSA) is 126 Å². The molecule has 1 aromatic rings. The average molecular weight is 380 g/mol. The number of amides is 1. The van der Waals surface area contributed by atoms with Crippen molar-refractivity contribution in [2.24, 2.45) is 0 Å². The van der Waals surface area contributed by atoms with E-state index in [-0.39, 0.29) is 23.8 Å². The van der Waals surface area contributed by atoms with Crippen LogP contribution in [-0.2, 0) is 23.7 Å². The Hall–Kier alpha value is -2.56. The largest absolute Gasteiger partial charge is 0.459 e. The molecule has 0 radical (unpaired) electrons. The Balaban J connectivity index is 1.63. The van der Waals surface area contributed by atoms with Crippen molar-refractivity contribution in [1.82, 2.24) is 5.32 Å². The van der Waals surface area contributed by atoms with Crippen molar-refractivity contribution in [1.29, 1.82) is 0 Å². The first-order valence-corrected chi connectivity index (χ1v) is 8.36. The van der Waals surface area contributed by atoms with Gasteiger partial charge >= 0.3 is 5.97 Å². The van der Waals surface area contributed by atoms with E-state index in [9.17, 15) is 19.7 Å². The van der Waals surface area contributed by atoms with Crippen LogP contribution < -0.4 is 5.32 Å². The molecule has 1 N–H and O–H groups in total. The van der Waals surface area contributed by atoms with E-state index in [1.165, 1.54) is 31.2 Å². The van der Waals surface area contributed by atoms with E-state index < -0.39 is 41.2 Å². The van der Waals surface area contributed by atoms with Crippen molar-refractivity contribution in [3.63, 3.8) is 0 Å². The van der Waals surface area contributed by atoms with E-state index in [0.29, 0.717) is 0 Å². The summed E-state index contributed by atoms with van der Waals surface area (Å²) in [6, 6.07) is 4.52. The van der Waals surface area contributed by atoms with Crippen LogP contribution >= 0.6 is 0 Å². The molecule has 146 valence electrons. The smallest absolute Gasteiger partial charge is 0.338 e. The molecule has 3 rings (SSSR count). The van der Waals surface area contributed by atoms with E-state index in [1.54, 1.807) is 13.8 Å². The molecule has 0 saturated carbocycles. The molecule has 10 heteroatoms. The number of esters is 1. The fraction of sp³-hybridized carbons (Fsp3) is 0.529. The zero-order valence-electron chi connectivity index (χ0n) is 15.0. The zero-order valence-corrected chi connectivity index (χ0v) is 15.0. The first-order valence-electron chi connectivity index (χ1n) is 8.36. The quantitative estimate of drug-likeness (QED) is 0.458. The minimum atomic E-state index is -0.841. The minimum Gasteiger partial charge on any atom is -0.459 e. The Bertz CT molecular complexity index is 748. The lowest BCUT2D eigenvalue weighted by Gasteiger charge is -2.25. The summed E-state index contributed by atoms with van der Waals surface area (Å²) in [4.78, 5) is 33.8. The molecule has 1 amide bonds. The Morgan fingerprint density at radius 1 is 1.26 bits per heavy atom. The number of fused-ring (bicyclic) bond motifs is 1. The van der Waals surface area contributed by atoms with Crippen LogP contribution in [0.3, 0.4) is 0 Å². The van der Waals surface area contributed by atoms with Gasteiger partial charge in [0.2, 0.25) is 5.91 Å². The van der Waals surface area contributed by atoms with Crippen LogP contribution in [0.5, 0.6) is 0 Å². The van der Waals surface area contributed by atoms with E-state index in [4.69, 9.17) is 18.9 Å². The number of ether oxygens (including phenoxy) is 4. The fourth-order valence-electron chi connectivity index (χ4n) is 3.09. The molecule has 0 bridgehead atoms. The van der Waals surface area contributed by atoms with E-state index >= 15 is 0 Å². The van der Waals surface area contributed by atoms with Gasteiger partial charge in [-0.2, -0.15) is 0 Å².